The van der Waals surface area contributed by atoms with E-state index >= 15 is 0 Å². The fourth-order valence-electron chi connectivity index (χ4n) is 3.46. The highest BCUT2D eigenvalue weighted by Crippen LogP contribution is 2.35. The SMILES string of the molecule is COc1cc2c(cc1OC)CN(C(=O)OC(C)(C)C)C(C(=O)OCc1ccccc1)C2. The molecule has 0 N–H and O–H groups in total. The van der Waals surface area contributed by atoms with Crippen LogP contribution in [0.4, 0.5) is 4.79 Å². The van der Waals surface area contributed by atoms with Gasteiger partial charge in [-0.3, -0.25) is 4.90 Å². The minimum absolute atomic E-state index is 0.136. The number of ether oxygens (including phenoxy) is 4. The van der Waals surface area contributed by atoms with Gasteiger partial charge in [0.15, 0.2) is 11.5 Å². The lowest BCUT2D eigenvalue weighted by atomic mass is 9.93. The zero-order chi connectivity index (χ0) is 22.6. The molecule has 1 aliphatic heterocycles. The molecule has 166 valence electrons. The van der Waals surface area contributed by atoms with Crippen molar-refractivity contribution >= 4 is 12.1 Å². The number of esters is 1. The molecule has 0 spiro atoms. The van der Waals surface area contributed by atoms with Crippen LogP contribution in [0.3, 0.4) is 0 Å². The molecule has 31 heavy (non-hydrogen) atoms. The van der Waals surface area contributed by atoms with Crippen molar-refractivity contribution in [1.29, 1.82) is 0 Å². The molecule has 7 heteroatoms. The Bertz CT molecular complexity index is 935. The second kappa shape index (κ2) is 9.29. The molecule has 0 saturated carbocycles. The predicted molar refractivity (Wildman–Crippen MR) is 115 cm³/mol. The highest BCUT2D eigenvalue weighted by Gasteiger charge is 2.38. The maximum atomic E-state index is 13.0. The quantitative estimate of drug-likeness (QED) is 0.669. The summed E-state index contributed by atoms with van der Waals surface area (Å²) >= 11 is 0. The number of benzene rings is 2. The fraction of sp³-hybridized carbons (Fsp3) is 0.417. The molecule has 2 aromatic carbocycles. The van der Waals surface area contributed by atoms with Gasteiger partial charge >= 0.3 is 12.1 Å². The van der Waals surface area contributed by atoms with Gasteiger partial charge < -0.3 is 18.9 Å². The first-order chi connectivity index (χ1) is 14.7. The van der Waals surface area contributed by atoms with Gasteiger partial charge in [0.25, 0.3) is 0 Å². The minimum atomic E-state index is -0.802. The monoisotopic (exact) mass is 427 g/mol. The zero-order valence-corrected chi connectivity index (χ0v) is 18.6. The van der Waals surface area contributed by atoms with Crippen molar-refractivity contribution in [3.8, 4) is 11.5 Å². The van der Waals surface area contributed by atoms with E-state index in [0.717, 1.165) is 16.7 Å². The van der Waals surface area contributed by atoms with Gasteiger partial charge in [0, 0.05) is 6.42 Å². The first-order valence-corrected chi connectivity index (χ1v) is 10.2. The second-order valence-corrected chi connectivity index (χ2v) is 8.40. The predicted octanol–water partition coefficient (Wildman–Crippen LogP) is 4.11. The van der Waals surface area contributed by atoms with E-state index in [4.69, 9.17) is 18.9 Å². The van der Waals surface area contributed by atoms with Crippen LogP contribution in [0.25, 0.3) is 0 Å². The highest BCUT2D eigenvalue weighted by molar-refractivity contribution is 5.83. The Hall–Kier alpha value is -3.22. The Labute approximate surface area is 182 Å². The van der Waals surface area contributed by atoms with Gasteiger partial charge in [-0.05, 0) is 49.6 Å². The lowest BCUT2D eigenvalue weighted by Gasteiger charge is -2.36. The van der Waals surface area contributed by atoms with Gasteiger partial charge in [-0.25, -0.2) is 9.59 Å². The van der Waals surface area contributed by atoms with Crippen molar-refractivity contribution in [3.05, 3.63) is 59.2 Å². The van der Waals surface area contributed by atoms with Crippen molar-refractivity contribution in [3.63, 3.8) is 0 Å². The minimum Gasteiger partial charge on any atom is -0.493 e. The molecule has 2 aromatic rings. The molecule has 1 aliphatic rings. The summed E-state index contributed by atoms with van der Waals surface area (Å²) in [5.41, 5.74) is 1.96. The van der Waals surface area contributed by atoms with Crippen LogP contribution < -0.4 is 9.47 Å². The summed E-state index contributed by atoms with van der Waals surface area (Å²) in [5, 5.41) is 0. The maximum absolute atomic E-state index is 13.0. The summed E-state index contributed by atoms with van der Waals surface area (Å²) in [6.45, 7) is 5.71. The molecule has 0 aliphatic carbocycles. The standard InChI is InChI=1S/C24H29NO6/c1-24(2,3)31-23(27)25-14-18-13-21(29-5)20(28-4)12-17(18)11-19(25)22(26)30-15-16-9-7-6-8-10-16/h6-10,12-13,19H,11,14-15H2,1-5H3. The topological polar surface area (TPSA) is 74.3 Å². The number of carbonyl (C=O) groups is 2. The van der Waals surface area contributed by atoms with E-state index in [1.807, 2.05) is 42.5 Å². The van der Waals surface area contributed by atoms with E-state index in [2.05, 4.69) is 0 Å². The van der Waals surface area contributed by atoms with E-state index in [-0.39, 0.29) is 13.2 Å². The molecule has 1 atom stereocenters. The number of methoxy groups -OCH3 is 2. The number of hydrogen-bond donors (Lipinski definition) is 0. The van der Waals surface area contributed by atoms with Gasteiger partial charge in [-0.2, -0.15) is 0 Å². The van der Waals surface area contributed by atoms with Gasteiger partial charge in [0.05, 0.1) is 20.8 Å². The van der Waals surface area contributed by atoms with E-state index in [1.165, 1.54) is 4.90 Å². The summed E-state index contributed by atoms with van der Waals surface area (Å²) in [5.74, 6) is 0.661. The molecule has 1 heterocycles. The average molecular weight is 427 g/mol. The maximum Gasteiger partial charge on any atom is 0.411 e. The van der Waals surface area contributed by atoms with E-state index in [0.29, 0.717) is 17.9 Å². The number of nitrogens with zero attached hydrogens (tertiary/aromatic N) is 1. The number of carbonyl (C=O) groups excluding carboxylic acids is 2. The zero-order valence-electron chi connectivity index (χ0n) is 18.6. The Morgan fingerprint density at radius 3 is 2.19 bits per heavy atom. The summed E-state index contributed by atoms with van der Waals surface area (Å²) in [4.78, 5) is 27.4. The molecule has 3 rings (SSSR count). The molecule has 0 radical (unpaired) electrons. The van der Waals surface area contributed by atoms with Crippen LogP contribution in [0.2, 0.25) is 0 Å². The Balaban J connectivity index is 1.88. The third-order valence-electron chi connectivity index (χ3n) is 4.96. The van der Waals surface area contributed by atoms with Crippen LogP contribution in [0.1, 0.15) is 37.5 Å². The number of rotatable bonds is 5. The van der Waals surface area contributed by atoms with E-state index in [1.54, 1.807) is 35.0 Å². The molecule has 0 aromatic heterocycles. The van der Waals surface area contributed by atoms with E-state index in [9.17, 15) is 9.59 Å². The van der Waals surface area contributed by atoms with Crippen molar-refractivity contribution < 1.29 is 28.5 Å². The lowest BCUT2D eigenvalue weighted by Crippen LogP contribution is -2.50. The Morgan fingerprint density at radius 2 is 1.61 bits per heavy atom. The normalized spacial score (nSPS) is 15.6. The van der Waals surface area contributed by atoms with Crippen molar-refractivity contribution in [2.75, 3.05) is 14.2 Å². The number of amides is 1. The molecule has 0 fully saturated rings. The van der Waals surface area contributed by atoms with Crippen LogP contribution in [0.5, 0.6) is 11.5 Å². The van der Waals surface area contributed by atoms with Gasteiger partial charge in [0.2, 0.25) is 0 Å². The van der Waals surface area contributed by atoms with Gasteiger partial charge in [-0.15, -0.1) is 0 Å². The lowest BCUT2D eigenvalue weighted by molar-refractivity contribution is -0.151. The molecule has 0 saturated heterocycles. The summed E-state index contributed by atoms with van der Waals surface area (Å²) in [6, 6.07) is 12.3. The summed E-state index contributed by atoms with van der Waals surface area (Å²) < 4.78 is 21.9. The van der Waals surface area contributed by atoms with Crippen LogP contribution in [-0.2, 0) is 33.8 Å². The molecular weight excluding hydrogens is 398 g/mol. The summed E-state index contributed by atoms with van der Waals surface area (Å²) in [7, 11) is 3.12. The third-order valence-corrected chi connectivity index (χ3v) is 4.96. The van der Waals surface area contributed by atoms with Crippen LogP contribution in [-0.4, -0.2) is 42.8 Å². The first-order valence-electron chi connectivity index (χ1n) is 10.2. The fourth-order valence-corrected chi connectivity index (χ4v) is 3.46. The largest absolute Gasteiger partial charge is 0.493 e. The molecule has 0 bridgehead atoms. The van der Waals surface area contributed by atoms with Crippen molar-refractivity contribution in [2.24, 2.45) is 0 Å². The first kappa shape index (κ1) is 22.5. The molecular formula is C24H29NO6. The smallest absolute Gasteiger partial charge is 0.411 e. The third kappa shape index (κ3) is 5.48. The highest BCUT2D eigenvalue weighted by atomic mass is 16.6. The summed E-state index contributed by atoms with van der Waals surface area (Å²) in [6.07, 6.45) is -0.266. The van der Waals surface area contributed by atoms with Gasteiger partial charge in [-0.1, -0.05) is 30.3 Å². The van der Waals surface area contributed by atoms with Gasteiger partial charge in [0.1, 0.15) is 18.2 Å². The second-order valence-electron chi connectivity index (χ2n) is 8.40. The Morgan fingerprint density at radius 1 is 1.00 bits per heavy atom. The van der Waals surface area contributed by atoms with E-state index < -0.39 is 23.7 Å². The van der Waals surface area contributed by atoms with Crippen LogP contribution in [0, 0.1) is 0 Å². The average Bonchev–Trinajstić information content (AvgIpc) is 2.75. The molecule has 1 unspecified atom stereocenters. The van der Waals surface area contributed by atoms with Crippen molar-refractivity contribution in [1.82, 2.24) is 4.90 Å². The number of hydrogen-bond acceptors (Lipinski definition) is 6. The number of fused-ring (bicyclic) bond motifs is 1. The van der Waals surface area contributed by atoms with Crippen LogP contribution in [0.15, 0.2) is 42.5 Å². The Kier molecular flexibility index (Phi) is 6.73. The van der Waals surface area contributed by atoms with Crippen molar-refractivity contribution in [2.45, 2.75) is 52.0 Å². The molecule has 7 nitrogen and oxygen atoms in total. The van der Waals surface area contributed by atoms with Crippen LogP contribution >= 0.6 is 0 Å². The molecule has 1 amide bonds.